The van der Waals surface area contributed by atoms with Gasteiger partial charge < -0.3 is 5.32 Å². The van der Waals surface area contributed by atoms with Gasteiger partial charge in [-0.2, -0.15) is 0 Å². The zero-order valence-electron chi connectivity index (χ0n) is 8.82. The van der Waals surface area contributed by atoms with E-state index in [1.807, 2.05) is 0 Å². The fourth-order valence-corrected chi connectivity index (χ4v) is 1.73. The van der Waals surface area contributed by atoms with Crippen LogP contribution in [-0.4, -0.2) is 15.9 Å². The fraction of sp³-hybridized carbons (Fsp3) is 0. The van der Waals surface area contributed by atoms with Crippen molar-refractivity contribution in [1.29, 1.82) is 0 Å². The number of hydrogen-bond acceptors (Lipinski definition) is 3. The molecule has 7 heteroatoms. The summed E-state index contributed by atoms with van der Waals surface area (Å²) in [5.41, 5.74) is 0.0193. The molecule has 0 fully saturated rings. The highest BCUT2D eigenvalue weighted by molar-refractivity contribution is 6.36. The van der Waals surface area contributed by atoms with E-state index < -0.39 is 5.91 Å². The lowest BCUT2D eigenvalue weighted by molar-refractivity contribution is 0.102. The molecule has 92 valence electrons. The number of rotatable bonds is 2. The van der Waals surface area contributed by atoms with Crippen molar-refractivity contribution in [3.8, 4) is 0 Å². The first-order valence-corrected chi connectivity index (χ1v) is 5.95. The van der Waals surface area contributed by atoms with Crippen molar-refractivity contribution in [3.05, 3.63) is 51.4 Å². The van der Waals surface area contributed by atoms with E-state index in [1.165, 1.54) is 18.3 Å². The molecule has 4 nitrogen and oxygen atoms in total. The number of aromatic nitrogens is 2. The quantitative estimate of drug-likeness (QED) is 0.861. The largest absolute Gasteiger partial charge is 0.304 e. The average molecular weight is 303 g/mol. The maximum Gasteiger partial charge on any atom is 0.277 e. The van der Waals surface area contributed by atoms with Gasteiger partial charge in [-0.1, -0.05) is 34.8 Å². The van der Waals surface area contributed by atoms with Crippen LogP contribution in [0.15, 0.2) is 30.5 Å². The highest BCUT2D eigenvalue weighted by atomic mass is 35.5. The van der Waals surface area contributed by atoms with Crippen LogP contribution in [0.2, 0.25) is 15.2 Å². The minimum absolute atomic E-state index is 0.0193. The Morgan fingerprint density at radius 3 is 2.61 bits per heavy atom. The Morgan fingerprint density at radius 2 is 1.89 bits per heavy atom. The normalized spacial score (nSPS) is 10.2. The molecule has 0 aromatic carbocycles. The van der Waals surface area contributed by atoms with Crippen molar-refractivity contribution >= 4 is 46.5 Å². The Morgan fingerprint density at radius 1 is 1.11 bits per heavy atom. The molecule has 1 amide bonds. The number of anilines is 1. The summed E-state index contributed by atoms with van der Waals surface area (Å²) in [6, 6.07) is 6.25. The molecule has 0 bridgehead atoms. The topological polar surface area (TPSA) is 54.9 Å². The molecular formula is C11H6Cl3N3O. The molecule has 0 aliphatic heterocycles. The Hall–Kier alpha value is -1.36. The summed E-state index contributed by atoms with van der Waals surface area (Å²) in [6.45, 7) is 0. The highest BCUT2D eigenvalue weighted by Crippen LogP contribution is 2.21. The van der Waals surface area contributed by atoms with Crippen molar-refractivity contribution in [2.75, 3.05) is 5.32 Å². The van der Waals surface area contributed by atoms with Crippen molar-refractivity contribution in [2.45, 2.75) is 0 Å². The van der Waals surface area contributed by atoms with Crippen LogP contribution in [-0.2, 0) is 0 Å². The molecule has 18 heavy (non-hydrogen) atoms. The third-order valence-electron chi connectivity index (χ3n) is 2.02. The fourth-order valence-electron chi connectivity index (χ4n) is 1.22. The number of pyridine rings is 2. The zero-order valence-corrected chi connectivity index (χ0v) is 11.1. The smallest absolute Gasteiger partial charge is 0.277 e. The van der Waals surface area contributed by atoms with E-state index >= 15 is 0 Å². The highest BCUT2D eigenvalue weighted by Gasteiger charge is 2.14. The van der Waals surface area contributed by atoms with E-state index in [4.69, 9.17) is 34.8 Å². The van der Waals surface area contributed by atoms with Crippen LogP contribution >= 0.6 is 34.8 Å². The van der Waals surface area contributed by atoms with Crippen LogP contribution in [0, 0.1) is 0 Å². The zero-order chi connectivity index (χ0) is 13.1. The third kappa shape index (κ3) is 2.90. The molecule has 0 aliphatic rings. The Balaban J connectivity index is 2.28. The second-order valence-electron chi connectivity index (χ2n) is 3.25. The van der Waals surface area contributed by atoms with Gasteiger partial charge in [0.1, 0.15) is 10.8 Å². The predicted octanol–water partition coefficient (Wildman–Crippen LogP) is 3.69. The number of hydrogen-bond donors (Lipinski definition) is 1. The maximum atomic E-state index is 11.9. The summed E-state index contributed by atoms with van der Waals surface area (Å²) in [7, 11) is 0. The first-order chi connectivity index (χ1) is 8.58. The molecule has 0 atom stereocenters. The second kappa shape index (κ2) is 5.52. The van der Waals surface area contributed by atoms with Gasteiger partial charge in [0, 0.05) is 6.20 Å². The number of nitrogens with one attached hydrogen (secondary N) is 1. The van der Waals surface area contributed by atoms with E-state index in [-0.39, 0.29) is 21.7 Å². The summed E-state index contributed by atoms with van der Waals surface area (Å²) in [5.74, 6) is -0.287. The van der Waals surface area contributed by atoms with Gasteiger partial charge in [0.2, 0.25) is 0 Å². The number of amides is 1. The van der Waals surface area contributed by atoms with Gasteiger partial charge in [0.15, 0.2) is 5.82 Å². The monoisotopic (exact) mass is 301 g/mol. The van der Waals surface area contributed by atoms with Crippen molar-refractivity contribution in [1.82, 2.24) is 9.97 Å². The number of carbonyl (C=O) groups is 1. The molecule has 0 radical (unpaired) electrons. The van der Waals surface area contributed by atoms with E-state index in [0.29, 0.717) is 5.02 Å². The van der Waals surface area contributed by atoms with Gasteiger partial charge in [-0.25, -0.2) is 9.97 Å². The van der Waals surface area contributed by atoms with Crippen LogP contribution in [0.25, 0.3) is 0 Å². The molecule has 0 spiro atoms. The molecule has 2 aromatic rings. The van der Waals surface area contributed by atoms with Gasteiger partial charge in [0.05, 0.1) is 10.0 Å². The summed E-state index contributed by atoms with van der Waals surface area (Å²) in [4.78, 5) is 19.7. The van der Waals surface area contributed by atoms with Crippen LogP contribution in [0.1, 0.15) is 10.5 Å². The van der Waals surface area contributed by atoms with Crippen LogP contribution in [0.3, 0.4) is 0 Å². The molecule has 0 aliphatic carbocycles. The standard InChI is InChI=1S/C11H6Cl3N3O/c12-6-3-4-8(14)16-9(6)11(18)17-10-7(13)2-1-5-15-10/h1-5H,(H,15,17,18). The maximum absolute atomic E-state index is 11.9. The molecule has 1 N–H and O–H groups in total. The Labute approximate surface area is 118 Å². The van der Waals surface area contributed by atoms with Gasteiger partial charge in [0.25, 0.3) is 5.91 Å². The van der Waals surface area contributed by atoms with Gasteiger partial charge in [-0.3, -0.25) is 4.79 Å². The van der Waals surface area contributed by atoms with Crippen molar-refractivity contribution in [2.24, 2.45) is 0 Å². The molecule has 0 unspecified atom stereocenters. The second-order valence-corrected chi connectivity index (χ2v) is 4.45. The van der Waals surface area contributed by atoms with Gasteiger partial charge in [-0.15, -0.1) is 0 Å². The van der Waals surface area contributed by atoms with Crippen LogP contribution in [0.5, 0.6) is 0 Å². The third-order valence-corrected chi connectivity index (χ3v) is 2.84. The lowest BCUT2D eigenvalue weighted by Crippen LogP contribution is -2.15. The number of carbonyl (C=O) groups excluding carboxylic acids is 1. The SMILES string of the molecule is O=C(Nc1ncccc1Cl)c1nc(Cl)ccc1Cl. The van der Waals surface area contributed by atoms with E-state index in [0.717, 1.165) is 0 Å². The minimum atomic E-state index is -0.525. The molecule has 2 rings (SSSR count). The van der Waals surface area contributed by atoms with E-state index in [1.54, 1.807) is 12.1 Å². The van der Waals surface area contributed by atoms with Crippen molar-refractivity contribution < 1.29 is 4.79 Å². The molecule has 0 saturated heterocycles. The summed E-state index contributed by atoms with van der Waals surface area (Å²) in [5, 5.41) is 3.21. The molecule has 2 heterocycles. The minimum Gasteiger partial charge on any atom is -0.304 e. The molecule has 2 aromatic heterocycles. The Kier molecular flexibility index (Phi) is 4.01. The van der Waals surface area contributed by atoms with E-state index in [2.05, 4.69) is 15.3 Å². The number of nitrogens with zero attached hydrogens (tertiary/aromatic N) is 2. The number of halogens is 3. The molecule has 0 saturated carbocycles. The van der Waals surface area contributed by atoms with Crippen molar-refractivity contribution in [3.63, 3.8) is 0 Å². The predicted molar refractivity (Wildman–Crippen MR) is 71.5 cm³/mol. The summed E-state index contributed by atoms with van der Waals surface area (Å²) in [6.07, 6.45) is 1.51. The Bertz CT molecular complexity index is 604. The molecular weight excluding hydrogens is 296 g/mol. The first-order valence-electron chi connectivity index (χ1n) is 4.82. The van der Waals surface area contributed by atoms with Crippen LogP contribution in [0.4, 0.5) is 5.82 Å². The van der Waals surface area contributed by atoms with Gasteiger partial charge >= 0.3 is 0 Å². The van der Waals surface area contributed by atoms with Gasteiger partial charge in [-0.05, 0) is 24.3 Å². The first kappa shape index (κ1) is 13.1. The summed E-state index contributed by atoms with van der Waals surface area (Å²) >= 11 is 17.4. The lowest BCUT2D eigenvalue weighted by atomic mass is 10.3. The summed E-state index contributed by atoms with van der Waals surface area (Å²) < 4.78 is 0. The average Bonchev–Trinajstić information content (AvgIpc) is 2.35. The van der Waals surface area contributed by atoms with Crippen LogP contribution < -0.4 is 5.32 Å². The van der Waals surface area contributed by atoms with E-state index in [9.17, 15) is 4.79 Å². The lowest BCUT2D eigenvalue weighted by Gasteiger charge is -2.06.